The summed E-state index contributed by atoms with van der Waals surface area (Å²) in [6.45, 7) is 0. The predicted octanol–water partition coefficient (Wildman–Crippen LogP) is 11.8. The van der Waals surface area contributed by atoms with Crippen molar-refractivity contribution in [2.75, 3.05) is 0 Å². The van der Waals surface area contributed by atoms with Crippen LogP contribution in [0.1, 0.15) is 0 Å². The van der Waals surface area contributed by atoms with Crippen molar-refractivity contribution < 1.29 is 4.42 Å². The lowest BCUT2D eigenvalue weighted by atomic mass is 9.84. The van der Waals surface area contributed by atoms with E-state index in [2.05, 4.69) is 120 Å². The van der Waals surface area contributed by atoms with Crippen LogP contribution in [0.4, 0.5) is 0 Å². The number of nitrogens with one attached hydrogen (secondary N) is 1. The van der Waals surface area contributed by atoms with E-state index < -0.39 is 0 Å². The fraction of sp³-hybridized carbons (Fsp3) is 0. The van der Waals surface area contributed by atoms with Gasteiger partial charge in [0.1, 0.15) is 11.3 Å². The second-order valence-electron chi connectivity index (χ2n) is 12.3. The smallest absolute Gasteiger partial charge is 0.227 e. The number of oxazole rings is 1. The van der Waals surface area contributed by atoms with E-state index in [9.17, 15) is 0 Å². The van der Waals surface area contributed by atoms with Crippen LogP contribution in [-0.2, 0) is 0 Å². The highest BCUT2D eigenvalue weighted by Crippen LogP contribution is 2.45. The molecule has 0 aliphatic rings. The highest BCUT2D eigenvalue weighted by molar-refractivity contribution is 6.23. The van der Waals surface area contributed by atoms with Crippen molar-refractivity contribution in [3.05, 3.63) is 158 Å². The van der Waals surface area contributed by atoms with E-state index in [1.807, 2.05) is 42.5 Å². The molecule has 1 N–H and O–H groups in total. The van der Waals surface area contributed by atoms with Crippen molar-refractivity contribution in [1.29, 1.82) is 0 Å². The average Bonchev–Trinajstić information content (AvgIpc) is 3.78. The number of hydrogen-bond acceptors (Lipinski definition) is 3. The molecule has 2 heterocycles. The van der Waals surface area contributed by atoms with Crippen LogP contribution in [0.3, 0.4) is 0 Å². The van der Waals surface area contributed by atoms with Gasteiger partial charge < -0.3 is 9.40 Å². The number of fused-ring (bicyclic) bond motifs is 5. The summed E-state index contributed by atoms with van der Waals surface area (Å²) >= 11 is 0. The average molecular weight is 614 g/mol. The molecule has 0 radical (unpaired) electrons. The first-order valence-corrected chi connectivity index (χ1v) is 16.2. The SMILES string of the molecule is c1ccc2cc3c(-c4ccc(-c5nc6ccccc6o5)cc4)c4ccccc4c(-c4ccc(-c5nc6ccccc6[nH]5)cc4)c3cc2c1. The lowest BCUT2D eigenvalue weighted by Crippen LogP contribution is -1.92. The Morgan fingerprint density at radius 3 is 1.56 bits per heavy atom. The van der Waals surface area contributed by atoms with E-state index in [4.69, 9.17) is 14.4 Å². The minimum Gasteiger partial charge on any atom is -0.436 e. The van der Waals surface area contributed by atoms with Crippen LogP contribution in [0.5, 0.6) is 0 Å². The monoisotopic (exact) mass is 613 g/mol. The maximum absolute atomic E-state index is 6.09. The second-order valence-corrected chi connectivity index (χ2v) is 12.3. The van der Waals surface area contributed by atoms with E-state index >= 15 is 0 Å². The molecule has 0 bridgehead atoms. The van der Waals surface area contributed by atoms with Crippen LogP contribution in [0.25, 0.3) is 99.5 Å². The number of rotatable bonds is 4. The van der Waals surface area contributed by atoms with Crippen molar-refractivity contribution in [3.63, 3.8) is 0 Å². The molecule has 0 aliphatic carbocycles. The molecular weight excluding hydrogens is 587 g/mol. The van der Waals surface area contributed by atoms with Gasteiger partial charge in [-0.3, -0.25) is 0 Å². The largest absolute Gasteiger partial charge is 0.436 e. The molecule has 0 amide bonds. The normalized spacial score (nSPS) is 11.8. The van der Waals surface area contributed by atoms with E-state index in [-0.39, 0.29) is 0 Å². The molecule has 4 heteroatoms. The van der Waals surface area contributed by atoms with Crippen LogP contribution in [0.2, 0.25) is 0 Å². The van der Waals surface area contributed by atoms with Crippen LogP contribution in [-0.4, -0.2) is 15.0 Å². The molecule has 0 saturated heterocycles. The van der Waals surface area contributed by atoms with Crippen molar-refractivity contribution in [2.45, 2.75) is 0 Å². The van der Waals surface area contributed by atoms with E-state index in [1.54, 1.807) is 0 Å². The molecular formula is C44H27N3O. The van der Waals surface area contributed by atoms with Crippen LogP contribution >= 0.6 is 0 Å². The summed E-state index contributed by atoms with van der Waals surface area (Å²) < 4.78 is 6.09. The molecule has 4 nitrogen and oxygen atoms in total. The van der Waals surface area contributed by atoms with Crippen LogP contribution in [0, 0.1) is 0 Å². The van der Waals surface area contributed by atoms with Gasteiger partial charge in [-0.2, -0.15) is 0 Å². The van der Waals surface area contributed by atoms with Crippen LogP contribution in [0.15, 0.2) is 162 Å². The number of aromatic amines is 1. The number of para-hydroxylation sites is 4. The van der Waals surface area contributed by atoms with Gasteiger partial charge in [-0.25, -0.2) is 9.97 Å². The zero-order chi connectivity index (χ0) is 31.6. The Hall–Kier alpha value is -6.52. The van der Waals surface area contributed by atoms with Crippen molar-refractivity contribution in [3.8, 4) is 45.1 Å². The summed E-state index contributed by atoms with van der Waals surface area (Å²) in [6.07, 6.45) is 0. The maximum Gasteiger partial charge on any atom is 0.227 e. The molecule has 224 valence electrons. The standard InChI is InChI=1S/C44H27N3O/c1-2-10-32-26-36-35(25-31(32)9-1)41(27-17-21-29(22-18-27)43-45-37-13-5-6-14-38(37)46-43)33-11-3-4-12-34(33)42(36)28-19-23-30(24-20-28)44-47-39-15-7-8-16-40(39)48-44/h1-26H,(H,45,46). The summed E-state index contributed by atoms with van der Waals surface area (Å²) in [5, 5.41) is 7.31. The maximum atomic E-state index is 6.09. The van der Waals surface area contributed by atoms with Gasteiger partial charge in [0.25, 0.3) is 0 Å². The molecule has 10 rings (SSSR count). The first kappa shape index (κ1) is 26.7. The quantitative estimate of drug-likeness (QED) is 0.201. The molecule has 0 fully saturated rings. The highest BCUT2D eigenvalue weighted by atomic mass is 16.3. The van der Waals surface area contributed by atoms with Gasteiger partial charge in [0.15, 0.2) is 5.58 Å². The Labute approximate surface area is 276 Å². The minimum absolute atomic E-state index is 0.630. The third-order valence-corrected chi connectivity index (χ3v) is 9.44. The number of aromatic nitrogens is 3. The molecule has 0 atom stereocenters. The van der Waals surface area contributed by atoms with Gasteiger partial charge in [-0.1, -0.05) is 109 Å². The van der Waals surface area contributed by atoms with Crippen molar-refractivity contribution in [1.82, 2.24) is 15.0 Å². The fourth-order valence-corrected chi connectivity index (χ4v) is 7.14. The third-order valence-electron chi connectivity index (χ3n) is 9.44. The second kappa shape index (κ2) is 10.5. The van der Waals surface area contributed by atoms with E-state index in [1.165, 1.54) is 49.0 Å². The summed E-state index contributed by atoms with van der Waals surface area (Å²) in [4.78, 5) is 13.0. The van der Waals surface area contributed by atoms with E-state index in [0.717, 1.165) is 44.6 Å². The summed E-state index contributed by atoms with van der Waals surface area (Å²) in [6, 6.07) is 55.6. The summed E-state index contributed by atoms with van der Waals surface area (Å²) in [5.41, 5.74) is 10.5. The lowest BCUT2D eigenvalue weighted by Gasteiger charge is -2.19. The van der Waals surface area contributed by atoms with Crippen molar-refractivity contribution in [2.24, 2.45) is 0 Å². The summed E-state index contributed by atoms with van der Waals surface area (Å²) in [5.74, 6) is 1.50. The fourth-order valence-electron chi connectivity index (χ4n) is 7.14. The molecule has 10 aromatic rings. The number of H-pyrrole nitrogens is 1. The van der Waals surface area contributed by atoms with Gasteiger partial charge in [-0.15, -0.1) is 0 Å². The Morgan fingerprint density at radius 2 is 0.938 bits per heavy atom. The summed E-state index contributed by atoms with van der Waals surface area (Å²) in [7, 11) is 0. The topological polar surface area (TPSA) is 54.7 Å². The predicted molar refractivity (Wildman–Crippen MR) is 198 cm³/mol. The Balaban J connectivity index is 1.17. The minimum atomic E-state index is 0.630. The number of imidazole rings is 1. The number of benzene rings is 8. The van der Waals surface area contributed by atoms with Gasteiger partial charge in [0.2, 0.25) is 5.89 Å². The van der Waals surface area contributed by atoms with Gasteiger partial charge in [0, 0.05) is 11.1 Å². The molecule has 0 aliphatic heterocycles. The van der Waals surface area contributed by atoms with Gasteiger partial charge in [-0.05, 0) is 103 Å². The van der Waals surface area contributed by atoms with Gasteiger partial charge >= 0.3 is 0 Å². The highest BCUT2D eigenvalue weighted by Gasteiger charge is 2.18. The Morgan fingerprint density at radius 1 is 0.417 bits per heavy atom. The zero-order valence-electron chi connectivity index (χ0n) is 25.8. The molecule has 48 heavy (non-hydrogen) atoms. The van der Waals surface area contributed by atoms with Crippen LogP contribution < -0.4 is 0 Å². The zero-order valence-corrected chi connectivity index (χ0v) is 25.8. The Kier molecular flexibility index (Phi) is 5.84. The first-order valence-electron chi connectivity index (χ1n) is 16.2. The molecule has 0 spiro atoms. The van der Waals surface area contributed by atoms with Crippen molar-refractivity contribution >= 4 is 54.5 Å². The molecule has 0 unspecified atom stereocenters. The lowest BCUT2D eigenvalue weighted by molar-refractivity contribution is 0.620. The number of nitrogens with zero attached hydrogens (tertiary/aromatic N) is 2. The first-order chi connectivity index (χ1) is 23.8. The number of hydrogen-bond donors (Lipinski definition) is 1. The van der Waals surface area contributed by atoms with Gasteiger partial charge in [0.05, 0.1) is 11.0 Å². The van der Waals surface area contributed by atoms with E-state index in [0.29, 0.717) is 5.89 Å². The Bertz CT molecular complexity index is 2560. The molecule has 8 aromatic carbocycles. The molecule has 2 aromatic heterocycles. The molecule has 0 saturated carbocycles. The third kappa shape index (κ3) is 4.24.